The van der Waals surface area contributed by atoms with E-state index in [0.29, 0.717) is 45.9 Å². The van der Waals surface area contributed by atoms with Crippen LogP contribution in [-0.2, 0) is 19.6 Å². The van der Waals surface area contributed by atoms with Crippen LogP contribution in [0.15, 0.2) is 53.4 Å². The molecule has 0 spiro atoms. The molecule has 11 heteroatoms. The second kappa shape index (κ2) is 10.5. The monoisotopic (exact) mass is 490 g/mol. The Kier molecular flexibility index (Phi) is 7.44. The topological polar surface area (TPSA) is 99.3 Å². The lowest BCUT2D eigenvalue weighted by atomic mass is 10.2. The summed E-state index contributed by atoms with van der Waals surface area (Å²) < 4.78 is 46.9. The number of nitrogens with zero attached hydrogens (tertiary/aromatic N) is 3. The Bertz CT molecular complexity index is 1150. The Morgan fingerprint density at radius 3 is 2.29 bits per heavy atom. The maximum Gasteiger partial charge on any atom is 0.262 e. The molecule has 2 heterocycles. The summed E-state index contributed by atoms with van der Waals surface area (Å²) in [7, 11) is -4.08. The van der Waals surface area contributed by atoms with Crippen LogP contribution in [-0.4, -0.2) is 94.0 Å². The Balaban J connectivity index is 1.37. The normalized spacial score (nSPS) is 17.4. The molecule has 0 radical (unpaired) electrons. The zero-order chi connectivity index (χ0) is 24.1. The molecule has 2 aromatic carbocycles. The second-order valence-corrected chi connectivity index (χ2v) is 9.86. The Labute approximate surface area is 198 Å². The average molecular weight is 491 g/mol. The Hall–Kier alpha value is -3.02. The van der Waals surface area contributed by atoms with Gasteiger partial charge < -0.3 is 14.5 Å². The summed E-state index contributed by atoms with van der Waals surface area (Å²) in [4.78, 5) is 30.9. The molecule has 2 fully saturated rings. The zero-order valence-electron chi connectivity index (χ0n) is 18.7. The number of ether oxygens (including phenoxy) is 1. The molecule has 182 valence electrons. The largest absolute Gasteiger partial charge is 0.379 e. The van der Waals surface area contributed by atoms with E-state index in [9.17, 15) is 22.4 Å². The van der Waals surface area contributed by atoms with Gasteiger partial charge in [0.2, 0.25) is 5.91 Å². The van der Waals surface area contributed by atoms with Crippen LogP contribution in [0.25, 0.3) is 0 Å². The van der Waals surface area contributed by atoms with Gasteiger partial charge in [-0.25, -0.2) is 12.8 Å². The van der Waals surface area contributed by atoms with E-state index in [-0.39, 0.29) is 28.0 Å². The number of morpholine rings is 1. The smallest absolute Gasteiger partial charge is 0.262 e. The minimum Gasteiger partial charge on any atom is -0.379 e. The van der Waals surface area contributed by atoms with E-state index in [0.717, 1.165) is 19.2 Å². The number of para-hydroxylation sites is 1. The maximum atomic E-state index is 13.9. The summed E-state index contributed by atoms with van der Waals surface area (Å²) in [5, 5.41) is 0. The first-order chi connectivity index (χ1) is 16.3. The van der Waals surface area contributed by atoms with Gasteiger partial charge in [-0.05, 0) is 30.3 Å². The molecule has 2 saturated heterocycles. The number of nitrogens with one attached hydrogen (secondary N) is 1. The van der Waals surface area contributed by atoms with Gasteiger partial charge in [0.15, 0.2) is 0 Å². The van der Waals surface area contributed by atoms with Crippen LogP contribution >= 0.6 is 0 Å². The van der Waals surface area contributed by atoms with E-state index < -0.39 is 15.8 Å². The number of piperazine rings is 1. The van der Waals surface area contributed by atoms with Crippen molar-refractivity contribution in [2.75, 3.05) is 63.7 Å². The Morgan fingerprint density at radius 2 is 1.59 bits per heavy atom. The fourth-order valence-corrected chi connectivity index (χ4v) is 5.05. The fraction of sp³-hybridized carbons (Fsp3) is 0.391. The number of halogens is 1. The van der Waals surface area contributed by atoms with Gasteiger partial charge in [-0.2, -0.15) is 0 Å². The first-order valence-corrected chi connectivity index (χ1v) is 12.6. The number of hydrogen-bond donors (Lipinski definition) is 1. The number of benzene rings is 2. The van der Waals surface area contributed by atoms with Crippen LogP contribution in [0.5, 0.6) is 0 Å². The molecule has 34 heavy (non-hydrogen) atoms. The number of anilines is 1. The minimum absolute atomic E-state index is 0.0290. The predicted molar refractivity (Wildman–Crippen MR) is 123 cm³/mol. The SMILES string of the molecule is O=C(CN1CCOCC1)N1CCN(C(=O)c2cccc(S(=O)(=O)Nc3ccccc3F)c2)CC1. The zero-order valence-corrected chi connectivity index (χ0v) is 19.5. The molecule has 0 saturated carbocycles. The summed E-state index contributed by atoms with van der Waals surface area (Å²) in [5.41, 5.74) is 0.0431. The number of carbonyl (C=O) groups is 2. The van der Waals surface area contributed by atoms with Crippen molar-refractivity contribution in [1.29, 1.82) is 0 Å². The van der Waals surface area contributed by atoms with E-state index in [2.05, 4.69) is 9.62 Å². The summed E-state index contributed by atoms with van der Waals surface area (Å²) in [6.07, 6.45) is 0. The van der Waals surface area contributed by atoms with E-state index >= 15 is 0 Å². The predicted octanol–water partition coefficient (Wildman–Crippen LogP) is 1.24. The van der Waals surface area contributed by atoms with Gasteiger partial charge in [-0.1, -0.05) is 18.2 Å². The van der Waals surface area contributed by atoms with Crippen molar-refractivity contribution < 1.29 is 27.1 Å². The van der Waals surface area contributed by atoms with Gasteiger partial charge in [-0.3, -0.25) is 19.2 Å². The molecule has 0 atom stereocenters. The lowest BCUT2D eigenvalue weighted by Crippen LogP contribution is -2.53. The van der Waals surface area contributed by atoms with Crippen molar-refractivity contribution in [2.24, 2.45) is 0 Å². The van der Waals surface area contributed by atoms with Crippen LogP contribution in [0.4, 0.5) is 10.1 Å². The van der Waals surface area contributed by atoms with Crippen molar-refractivity contribution in [3.63, 3.8) is 0 Å². The molecule has 2 amide bonds. The van der Waals surface area contributed by atoms with Crippen molar-refractivity contribution in [1.82, 2.24) is 14.7 Å². The number of sulfonamides is 1. The third-order valence-electron chi connectivity index (χ3n) is 5.89. The maximum absolute atomic E-state index is 13.9. The third kappa shape index (κ3) is 5.72. The first kappa shape index (κ1) is 24.1. The summed E-state index contributed by atoms with van der Waals surface area (Å²) in [5.74, 6) is -0.983. The van der Waals surface area contributed by atoms with Crippen molar-refractivity contribution in [3.05, 3.63) is 59.9 Å². The van der Waals surface area contributed by atoms with E-state index in [4.69, 9.17) is 4.74 Å². The third-order valence-corrected chi connectivity index (χ3v) is 7.25. The number of carbonyl (C=O) groups excluding carboxylic acids is 2. The van der Waals surface area contributed by atoms with Crippen molar-refractivity contribution >= 4 is 27.5 Å². The molecule has 1 N–H and O–H groups in total. The molecule has 2 aromatic rings. The molecule has 0 aromatic heterocycles. The van der Waals surface area contributed by atoms with Crippen LogP contribution in [0.3, 0.4) is 0 Å². The second-order valence-electron chi connectivity index (χ2n) is 8.17. The van der Waals surface area contributed by atoms with E-state index in [1.807, 2.05) is 0 Å². The van der Waals surface area contributed by atoms with Gasteiger partial charge in [0, 0.05) is 44.8 Å². The highest BCUT2D eigenvalue weighted by Crippen LogP contribution is 2.20. The molecule has 0 bridgehead atoms. The van der Waals surface area contributed by atoms with E-state index in [1.165, 1.54) is 36.4 Å². The van der Waals surface area contributed by atoms with Crippen LogP contribution < -0.4 is 4.72 Å². The fourth-order valence-electron chi connectivity index (χ4n) is 3.94. The molecular weight excluding hydrogens is 463 g/mol. The highest BCUT2D eigenvalue weighted by atomic mass is 32.2. The van der Waals surface area contributed by atoms with Crippen molar-refractivity contribution in [2.45, 2.75) is 4.90 Å². The number of hydrogen-bond acceptors (Lipinski definition) is 6. The van der Waals surface area contributed by atoms with Gasteiger partial charge in [0.05, 0.1) is 30.3 Å². The molecule has 4 rings (SSSR count). The molecule has 0 unspecified atom stereocenters. The lowest BCUT2D eigenvalue weighted by molar-refractivity contribution is -0.134. The summed E-state index contributed by atoms with van der Waals surface area (Å²) >= 11 is 0. The first-order valence-electron chi connectivity index (χ1n) is 11.1. The lowest BCUT2D eigenvalue weighted by Gasteiger charge is -2.36. The van der Waals surface area contributed by atoms with Gasteiger partial charge in [0.25, 0.3) is 15.9 Å². The quantitative estimate of drug-likeness (QED) is 0.654. The summed E-state index contributed by atoms with van der Waals surface area (Å²) in [6.45, 7) is 4.61. The molecule has 0 aliphatic carbocycles. The van der Waals surface area contributed by atoms with Crippen LogP contribution in [0.2, 0.25) is 0 Å². The number of rotatable bonds is 6. The molecule has 9 nitrogen and oxygen atoms in total. The number of amides is 2. The molecule has 2 aliphatic rings. The Morgan fingerprint density at radius 1 is 0.912 bits per heavy atom. The summed E-state index contributed by atoms with van der Waals surface area (Å²) in [6, 6.07) is 11.1. The minimum atomic E-state index is -4.08. The highest BCUT2D eigenvalue weighted by molar-refractivity contribution is 7.92. The van der Waals surface area contributed by atoms with Crippen LogP contribution in [0.1, 0.15) is 10.4 Å². The van der Waals surface area contributed by atoms with Gasteiger partial charge >= 0.3 is 0 Å². The van der Waals surface area contributed by atoms with Crippen LogP contribution in [0, 0.1) is 5.82 Å². The average Bonchev–Trinajstić information content (AvgIpc) is 2.86. The van der Waals surface area contributed by atoms with E-state index in [1.54, 1.807) is 15.9 Å². The van der Waals surface area contributed by atoms with Gasteiger partial charge in [-0.15, -0.1) is 0 Å². The standard InChI is InChI=1S/C23H27FN4O5S/c24-20-6-1-2-7-21(20)25-34(31,32)19-5-3-4-18(16-19)23(30)28-10-8-27(9-11-28)22(29)17-26-12-14-33-15-13-26/h1-7,16,25H,8-15,17H2. The highest BCUT2D eigenvalue weighted by Gasteiger charge is 2.27. The van der Waals surface area contributed by atoms with Gasteiger partial charge in [0.1, 0.15) is 5.82 Å². The molecular formula is C23H27FN4O5S. The molecule has 2 aliphatic heterocycles. The van der Waals surface area contributed by atoms with Crippen molar-refractivity contribution in [3.8, 4) is 0 Å².